The summed E-state index contributed by atoms with van der Waals surface area (Å²) in [5, 5.41) is 3.36. The van der Waals surface area contributed by atoms with Crippen LogP contribution in [0.2, 0.25) is 0 Å². The highest BCUT2D eigenvalue weighted by atomic mass is 16.5. The molecule has 0 saturated heterocycles. The Morgan fingerprint density at radius 3 is 2.50 bits per heavy atom. The van der Waals surface area contributed by atoms with Gasteiger partial charge in [0, 0.05) is 13.7 Å². The highest BCUT2D eigenvalue weighted by Crippen LogP contribution is 2.15. The molecule has 0 heterocycles. The van der Waals surface area contributed by atoms with E-state index in [1.54, 1.807) is 7.11 Å². The molecule has 3 heteroatoms. The number of hydrogen-bond acceptors (Lipinski definition) is 3. The minimum Gasteiger partial charge on any atom is -0.379 e. The van der Waals surface area contributed by atoms with Crippen LogP contribution in [0.25, 0.3) is 0 Å². The Labute approximate surface area is 123 Å². The second-order valence-corrected chi connectivity index (χ2v) is 5.64. The average Bonchev–Trinajstić information content (AvgIpc) is 2.45. The molecule has 0 aliphatic rings. The minimum atomic E-state index is -0.107. The van der Waals surface area contributed by atoms with Gasteiger partial charge in [0.05, 0.1) is 12.2 Å². The molecule has 1 aromatic carbocycles. The van der Waals surface area contributed by atoms with Crippen LogP contribution in [0, 0.1) is 0 Å². The Kier molecular flexibility index (Phi) is 7.82. The summed E-state index contributed by atoms with van der Waals surface area (Å²) in [6, 6.07) is 8.52. The number of hydrogen-bond donors (Lipinski definition) is 1. The van der Waals surface area contributed by atoms with Crippen molar-refractivity contribution in [1.82, 2.24) is 5.32 Å². The van der Waals surface area contributed by atoms with Crippen molar-refractivity contribution in [2.24, 2.45) is 0 Å². The van der Waals surface area contributed by atoms with Crippen LogP contribution in [-0.2, 0) is 22.5 Å². The smallest absolute Gasteiger partial charge is 0.0719 e. The van der Waals surface area contributed by atoms with Gasteiger partial charge in [0.25, 0.3) is 0 Å². The number of rotatable bonds is 10. The maximum Gasteiger partial charge on any atom is 0.0719 e. The molecule has 1 N–H and O–H groups in total. The van der Waals surface area contributed by atoms with Crippen LogP contribution in [0.3, 0.4) is 0 Å². The minimum absolute atomic E-state index is 0.107. The lowest BCUT2D eigenvalue weighted by molar-refractivity contribution is -0.0125. The molecule has 0 amide bonds. The second kappa shape index (κ2) is 9.11. The van der Waals surface area contributed by atoms with Gasteiger partial charge in [-0.05, 0) is 50.9 Å². The first-order valence-electron chi connectivity index (χ1n) is 7.49. The first kappa shape index (κ1) is 17.2. The Balaban J connectivity index is 2.39. The third-order valence-corrected chi connectivity index (χ3v) is 3.60. The van der Waals surface area contributed by atoms with E-state index in [4.69, 9.17) is 9.47 Å². The molecular weight excluding hydrogens is 250 g/mol. The Morgan fingerprint density at radius 1 is 1.15 bits per heavy atom. The molecule has 0 radical (unpaired) electrons. The van der Waals surface area contributed by atoms with E-state index in [2.05, 4.69) is 50.4 Å². The number of ether oxygens (including phenoxy) is 2. The van der Waals surface area contributed by atoms with E-state index in [1.807, 2.05) is 0 Å². The summed E-state index contributed by atoms with van der Waals surface area (Å²) in [4.78, 5) is 0. The van der Waals surface area contributed by atoms with Crippen molar-refractivity contribution in [3.8, 4) is 0 Å². The van der Waals surface area contributed by atoms with Crippen molar-refractivity contribution in [3.63, 3.8) is 0 Å². The van der Waals surface area contributed by atoms with Gasteiger partial charge in [0.1, 0.15) is 0 Å². The molecule has 20 heavy (non-hydrogen) atoms. The molecule has 0 spiro atoms. The number of likely N-dealkylation sites (N-methyl/N-ethyl adjacent to an activating group) is 1. The Hall–Kier alpha value is -0.900. The van der Waals surface area contributed by atoms with Gasteiger partial charge >= 0.3 is 0 Å². The molecule has 0 saturated carbocycles. The standard InChI is InChI=1S/C17H29NO2/c1-5-18-12-10-15-8-6-7-9-16(15)14-20-13-11-17(2,3)19-4/h6-9,18H,5,10-14H2,1-4H3. The van der Waals surface area contributed by atoms with E-state index >= 15 is 0 Å². The van der Waals surface area contributed by atoms with Gasteiger partial charge in [-0.25, -0.2) is 0 Å². The van der Waals surface area contributed by atoms with Crippen molar-refractivity contribution in [3.05, 3.63) is 35.4 Å². The summed E-state index contributed by atoms with van der Waals surface area (Å²) in [5.41, 5.74) is 2.56. The lowest BCUT2D eigenvalue weighted by atomic mass is 10.0. The molecule has 0 aliphatic heterocycles. The number of benzene rings is 1. The molecule has 114 valence electrons. The first-order chi connectivity index (χ1) is 9.59. The summed E-state index contributed by atoms with van der Waals surface area (Å²) in [5.74, 6) is 0. The van der Waals surface area contributed by atoms with Crippen LogP contribution in [0.5, 0.6) is 0 Å². The van der Waals surface area contributed by atoms with Gasteiger partial charge < -0.3 is 14.8 Å². The first-order valence-corrected chi connectivity index (χ1v) is 7.49. The number of nitrogens with one attached hydrogen (secondary N) is 1. The molecule has 0 aliphatic carbocycles. The monoisotopic (exact) mass is 279 g/mol. The quantitative estimate of drug-likeness (QED) is 0.667. The van der Waals surface area contributed by atoms with Crippen LogP contribution in [0.4, 0.5) is 0 Å². The van der Waals surface area contributed by atoms with Crippen molar-refractivity contribution >= 4 is 0 Å². The fourth-order valence-electron chi connectivity index (χ4n) is 1.94. The molecule has 0 fully saturated rings. The SMILES string of the molecule is CCNCCc1ccccc1COCCC(C)(C)OC. The van der Waals surface area contributed by atoms with Gasteiger partial charge in [-0.1, -0.05) is 31.2 Å². The van der Waals surface area contributed by atoms with E-state index in [0.717, 1.165) is 32.5 Å². The highest BCUT2D eigenvalue weighted by molar-refractivity contribution is 5.26. The maximum absolute atomic E-state index is 5.80. The number of methoxy groups -OCH3 is 1. The van der Waals surface area contributed by atoms with Crippen LogP contribution in [0.15, 0.2) is 24.3 Å². The van der Waals surface area contributed by atoms with Crippen molar-refractivity contribution in [1.29, 1.82) is 0 Å². The molecule has 0 unspecified atom stereocenters. The summed E-state index contributed by atoms with van der Waals surface area (Å²) in [6.45, 7) is 9.74. The topological polar surface area (TPSA) is 30.5 Å². The van der Waals surface area contributed by atoms with Crippen LogP contribution >= 0.6 is 0 Å². The van der Waals surface area contributed by atoms with Gasteiger partial charge in [0.15, 0.2) is 0 Å². The van der Waals surface area contributed by atoms with Crippen molar-refractivity contribution in [2.75, 3.05) is 26.8 Å². The highest BCUT2D eigenvalue weighted by Gasteiger charge is 2.15. The van der Waals surface area contributed by atoms with Gasteiger partial charge in [-0.3, -0.25) is 0 Å². The molecule has 1 rings (SSSR count). The Morgan fingerprint density at radius 2 is 1.85 bits per heavy atom. The van der Waals surface area contributed by atoms with Gasteiger partial charge in [-0.15, -0.1) is 0 Å². The normalized spacial score (nSPS) is 11.8. The third kappa shape index (κ3) is 6.51. The lowest BCUT2D eigenvalue weighted by Crippen LogP contribution is -2.24. The molecule has 1 aromatic rings. The molecule has 0 aromatic heterocycles. The van der Waals surface area contributed by atoms with E-state index in [-0.39, 0.29) is 5.60 Å². The summed E-state index contributed by atoms with van der Waals surface area (Å²) in [7, 11) is 1.75. The molecule has 0 bridgehead atoms. The van der Waals surface area contributed by atoms with E-state index in [0.29, 0.717) is 6.61 Å². The molecule has 0 atom stereocenters. The molecular formula is C17H29NO2. The largest absolute Gasteiger partial charge is 0.379 e. The summed E-state index contributed by atoms with van der Waals surface area (Å²) in [6.07, 6.45) is 1.96. The van der Waals surface area contributed by atoms with Crippen molar-refractivity contribution < 1.29 is 9.47 Å². The van der Waals surface area contributed by atoms with E-state index in [1.165, 1.54) is 11.1 Å². The van der Waals surface area contributed by atoms with Crippen LogP contribution in [-0.4, -0.2) is 32.4 Å². The average molecular weight is 279 g/mol. The second-order valence-electron chi connectivity index (χ2n) is 5.64. The predicted molar refractivity (Wildman–Crippen MR) is 84.1 cm³/mol. The van der Waals surface area contributed by atoms with E-state index in [9.17, 15) is 0 Å². The zero-order valence-corrected chi connectivity index (χ0v) is 13.4. The van der Waals surface area contributed by atoms with E-state index < -0.39 is 0 Å². The Bertz CT molecular complexity index is 377. The fourth-order valence-corrected chi connectivity index (χ4v) is 1.94. The fraction of sp³-hybridized carbons (Fsp3) is 0.647. The summed E-state index contributed by atoms with van der Waals surface area (Å²) >= 11 is 0. The zero-order chi connectivity index (χ0) is 14.8. The van der Waals surface area contributed by atoms with Crippen molar-refractivity contribution in [2.45, 2.75) is 45.8 Å². The van der Waals surface area contributed by atoms with Gasteiger partial charge in [0.2, 0.25) is 0 Å². The van der Waals surface area contributed by atoms with Gasteiger partial charge in [-0.2, -0.15) is 0 Å². The molecule has 3 nitrogen and oxygen atoms in total. The third-order valence-electron chi connectivity index (χ3n) is 3.60. The summed E-state index contributed by atoms with van der Waals surface area (Å²) < 4.78 is 11.2. The van der Waals surface area contributed by atoms with Crippen LogP contribution < -0.4 is 5.32 Å². The predicted octanol–water partition coefficient (Wildman–Crippen LogP) is 3.17. The van der Waals surface area contributed by atoms with Crippen LogP contribution in [0.1, 0.15) is 38.3 Å². The zero-order valence-electron chi connectivity index (χ0n) is 13.4. The maximum atomic E-state index is 5.80. The lowest BCUT2D eigenvalue weighted by Gasteiger charge is -2.22.